The van der Waals surface area contributed by atoms with Crippen LogP contribution in [0, 0.1) is 13.8 Å². The number of methoxy groups -OCH3 is 1. The van der Waals surface area contributed by atoms with Gasteiger partial charge in [0.1, 0.15) is 11.5 Å². The van der Waals surface area contributed by atoms with Crippen LogP contribution in [0.15, 0.2) is 34.9 Å². The first-order valence-corrected chi connectivity index (χ1v) is 8.31. The van der Waals surface area contributed by atoms with Gasteiger partial charge in [0.05, 0.1) is 30.4 Å². The van der Waals surface area contributed by atoms with Crippen molar-refractivity contribution in [1.82, 2.24) is 15.0 Å². The number of pyridine rings is 1. The molecule has 0 fully saturated rings. The zero-order valence-corrected chi connectivity index (χ0v) is 15.6. The predicted octanol–water partition coefficient (Wildman–Crippen LogP) is 2.56. The molecule has 0 saturated heterocycles. The molecule has 0 atom stereocenters. The van der Waals surface area contributed by atoms with Gasteiger partial charge in [-0.05, 0) is 32.0 Å². The van der Waals surface area contributed by atoms with E-state index < -0.39 is 0 Å². The third-order valence-electron chi connectivity index (χ3n) is 4.07. The molecule has 0 aliphatic carbocycles. The Kier molecular flexibility index (Phi) is 5.07. The number of likely N-dealkylation sites (N-methyl/N-ethyl adjacent to an activating group) is 1. The number of hydrogen-bond acceptors (Lipinski definition) is 6. The average molecular weight is 368 g/mol. The standard InChI is InChI=1S/C19H20N4O4/c1-11-7-17(22-27-11)21-18(24)10-23(3)19(25)15-8-13-5-6-14(26-4)9-16(13)20-12(15)2/h5-9H,10H2,1-4H3,(H,21,22,24). The van der Waals surface area contributed by atoms with Crippen molar-refractivity contribution in [2.24, 2.45) is 0 Å². The van der Waals surface area contributed by atoms with Gasteiger partial charge in [0.15, 0.2) is 5.82 Å². The van der Waals surface area contributed by atoms with Crippen LogP contribution in [-0.4, -0.2) is 47.6 Å². The fourth-order valence-corrected chi connectivity index (χ4v) is 2.69. The minimum atomic E-state index is -0.365. The zero-order valence-electron chi connectivity index (χ0n) is 15.6. The van der Waals surface area contributed by atoms with E-state index in [0.717, 1.165) is 10.9 Å². The minimum absolute atomic E-state index is 0.120. The highest BCUT2D eigenvalue weighted by Crippen LogP contribution is 2.22. The Labute approximate surface area is 156 Å². The Bertz CT molecular complexity index is 1010. The van der Waals surface area contributed by atoms with Crippen molar-refractivity contribution >= 4 is 28.5 Å². The summed E-state index contributed by atoms with van der Waals surface area (Å²) >= 11 is 0. The van der Waals surface area contributed by atoms with Crippen molar-refractivity contribution < 1.29 is 18.8 Å². The summed E-state index contributed by atoms with van der Waals surface area (Å²) in [5.41, 5.74) is 1.77. The third kappa shape index (κ3) is 4.05. The fraction of sp³-hybridized carbons (Fsp3) is 0.263. The quantitative estimate of drug-likeness (QED) is 0.743. The Balaban J connectivity index is 1.75. The lowest BCUT2D eigenvalue weighted by atomic mass is 10.1. The van der Waals surface area contributed by atoms with Crippen LogP contribution in [0.25, 0.3) is 10.9 Å². The smallest absolute Gasteiger partial charge is 0.255 e. The number of anilines is 1. The maximum Gasteiger partial charge on any atom is 0.255 e. The second-order valence-electron chi connectivity index (χ2n) is 6.21. The lowest BCUT2D eigenvalue weighted by Gasteiger charge is -2.17. The van der Waals surface area contributed by atoms with Gasteiger partial charge in [-0.1, -0.05) is 5.16 Å². The minimum Gasteiger partial charge on any atom is -0.497 e. The number of hydrogen-bond donors (Lipinski definition) is 1. The summed E-state index contributed by atoms with van der Waals surface area (Å²) in [4.78, 5) is 30.7. The Morgan fingerprint density at radius 2 is 2.00 bits per heavy atom. The van der Waals surface area contributed by atoms with E-state index in [-0.39, 0.29) is 18.4 Å². The van der Waals surface area contributed by atoms with Crippen LogP contribution in [0.5, 0.6) is 5.75 Å². The highest BCUT2D eigenvalue weighted by Gasteiger charge is 2.19. The van der Waals surface area contributed by atoms with Gasteiger partial charge in [-0.2, -0.15) is 0 Å². The molecule has 0 radical (unpaired) electrons. The Morgan fingerprint density at radius 3 is 2.67 bits per heavy atom. The Hall–Kier alpha value is -3.42. The molecule has 0 saturated carbocycles. The zero-order chi connectivity index (χ0) is 19.6. The molecule has 0 aliphatic heterocycles. The van der Waals surface area contributed by atoms with Crippen LogP contribution < -0.4 is 10.1 Å². The first kappa shape index (κ1) is 18.4. The molecule has 0 unspecified atom stereocenters. The van der Waals surface area contributed by atoms with Crippen molar-refractivity contribution in [3.8, 4) is 5.75 Å². The largest absolute Gasteiger partial charge is 0.497 e. The van der Waals surface area contributed by atoms with Crippen molar-refractivity contribution in [3.63, 3.8) is 0 Å². The van der Waals surface area contributed by atoms with E-state index >= 15 is 0 Å². The summed E-state index contributed by atoms with van der Waals surface area (Å²) in [7, 11) is 3.15. The fourth-order valence-electron chi connectivity index (χ4n) is 2.69. The number of nitrogens with one attached hydrogen (secondary N) is 1. The molecule has 1 N–H and O–H groups in total. The van der Waals surface area contributed by atoms with Crippen LogP contribution in [0.2, 0.25) is 0 Å². The molecule has 1 aromatic carbocycles. The number of carbonyl (C=O) groups is 2. The molecule has 2 heterocycles. The molecule has 0 bridgehead atoms. The van der Waals surface area contributed by atoms with Crippen molar-refractivity contribution in [3.05, 3.63) is 47.3 Å². The monoisotopic (exact) mass is 368 g/mol. The summed E-state index contributed by atoms with van der Waals surface area (Å²) in [5, 5.41) is 7.11. The first-order chi connectivity index (χ1) is 12.9. The van der Waals surface area contributed by atoms with Gasteiger partial charge in [-0.25, -0.2) is 0 Å². The number of ether oxygens (including phenoxy) is 1. The number of carbonyl (C=O) groups excluding carboxylic acids is 2. The average Bonchev–Trinajstić information content (AvgIpc) is 3.04. The molecule has 8 heteroatoms. The van der Waals surface area contributed by atoms with E-state index in [1.54, 1.807) is 40.1 Å². The second-order valence-corrected chi connectivity index (χ2v) is 6.21. The molecule has 3 aromatic rings. The van der Waals surface area contributed by atoms with Gasteiger partial charge in [0.25, 0.3) is 5.91 Å². The highest BCUT2D eigenvalue weighted by atomic mass is 16.5. The maximum absolute atomic E-state index is 12.8. The van der Waals surface area contributed by atoms with E-state index in [1.807, 2.05) is 18.2 Å². The molecule has 2 amide bonds. The van der Waals surface area contributed by atoms with Crippen LogP contribution in [-0.2, 0) is 4.79 Å². The second kappa shape index (κ2) is 7.45. The molecular formula is C19H20N4O4. The van der Waals surface area contributed by atoms with E-state index in [2.05, 4.69) is 15.5 Å². The maximum atomic E-state index is 12.8. The lowest BCUT2D eigenvalue weighted by Crippen LogP contribution is -2.35. The molecule has 0 spiro atoms. The van der Waals surface area contributed by atoms with E-state index in [4.69, 9.17) is 9.26 Å². The third-order valence-corrected chi connectivity index (χ3v) is 4.07. The predicted molar refractivity (Wildman–Crippen MR) is 99.9 cm³/mol. The highest BCUT2D eigenvalue weighted by molar-refractivity contribution is 6.01. The number of aromatic nitrogens is 2. The van der Waals surface area contributed by atoms with E-state index in [1.165, 1.54) is 4.90 Å². The summed E-state index contributed by atoms with van der Waals surface area (Å²) in [5.74, 6) is 0.949. The normalized spacial score (nSPS) is 10.7. The SMILES string of the molecule is COc1ccc2cc(C(=O)N(C)CC(=O)Nc3cc(C)on3)c(C)nc2c1. The van der Waals surface area contributed by atoms with Gasteiger partial charge in [0, 0.05) is 24.6 Å². The summed E-state index contributed by atoms with van der Waals surface area (Å²) in [6.07, 6.45) is 0. The van der Waals surface area contributed by atoms with Crippen molar-refractivity contribution in [1.29, 1.82) is 0 Å². The van der Waals surface area contributed by atoms with Gasteiger partial charge < -0.3 is 19.5 Å². The van der Waals surface area contributed by atoms with Crippen LogP contribution >= 0.6 is 0 Å². The number of amides is 2. The van der Waals surface area contributed by atoms with Gasteiger partial charge in [-0.3, -0.25) is 14.6 Å². The lowest BCUT2D eigenvalue weighted by molar-refractivity contribution is -0.116. The molecule has 8 nitrogen and oxygen atoms in total. The molecular weight excluding hydrogens is 348 g/mol. The van der Waals surface area contributed by atoms with Gasteiger partial charge >= 0.3 is 0 Å². The molecule has 0 aliphatic rings. The van der Waals surface area contributed by atoms with Gasteiger partial charge in [0.2, 0.25) is 5.91 Å². The number of rotatable bonds is 5. The number of nitrogens with zero attached hydrogens (tertiary/aromatic N) is 3. The van der Waals surface area contributed by atoms with Crippen molar-refractivity contribution in [2.45, 2.75) is 13.8 Å². The number of fused-ring (bicyclic) bond motifs is 1. The molecule has 27 heavy (non-hydrogen) atoms. The molecule has 2 aromatic heterocycles. The van der Waals surface area contributed by atoms with Crippen LogP contribution in [0.4, 0.5) is 5.82 Å². The summed E-state index contributed by atoms with van der Waals surface area (Å²) in [6, 6.07) is 8.84. The van der Waals surface area contributed by atoms with Crippen molar-refractivity contribution in [2.75, 3.05) is 26.0 Å². The van der Waals surface area contributed by atoms with E-state index in [9.17, 15) is 9.59 Å². The topological polar surface area (TPSA) is 97.6 Å². The van der Waals surface area contributed by atoms with Crippen LogP contribution in [0.1, 0.15) is 21.8 Å². The first-order valence-electron chi connectivity index (χ1n) is 8.31. The summed E-state index contributed by atoms with van der Waals surface area (Å²) < 4.78 is 10.1. The summed E-state index contributed by atoms with van der Waals surface area (Å²) in [6.45, 7) is 3.37. The van der Waals surface area contributed by atoms with Crippen LogP contribution in [0.3, 0.4) is 0 Å². The number of benzene rings is 1. The Morgan fingerprint density at radius 1 is 1.22 bits per heavy atom. The number of aryl methyl sites for hydroxylation is 2. The molecule has 3 rings (SSSR count). The van der Waals surface area contributed by atoms with E-state index in [0.29, 0.717) is 28.6 Å². The molecule has 140 valence electrons. The van der Waals surface area contributed by atoms with Gasteiger partial charge in [-0.15, -0.1) is 0 Å².